The van der Waals surface area contributed by atoms with E-state index in [9.17, 15) is 9.59 Å². The van der Waals surface area contributed by atoms with Crippen LogP contribution in [0.15, 0.2) is 18.2 Å². The van der Waals surface area contributed by atoms with E-state index < -0.39 is 0 Å². The molecule has 0 saturated carbocycles. The van der Waals surface area contributed by atoms with E-state index in [1.165, 1.54) is 11.3 Å². The number of methoxy groups -OCH3 is 2. The fraction of sp³-hybridized carbons (Fsp3) is 0.556. The Morgan fingerprint density at radius 1 is 1.04 bits per heavy atom. The Morgan fingerprint density at radius 3 is 2.29 bits per heavy atom. The SMILES string of the molecule is COc1cc(OC)cc(N2C(=O)C[C@H](N3CCCC[C@@H]3C)C2=O)c1. The van der Waals surface area contributed by atoms with Crippen molar-refractivity contribution < 1.29 is 19.1 Å². The number of carbonyl (C=O) groups excluding carboxylic acids is 2. The molecule has 2 fully saturated rings. The first-order chi connectivity index (χ1) is 11.5. The van der Waals surface area contributed by atoms with Crippen LogP contribution in [0, 0.1) is 0 Å². The molecule has 0 N–H and O–H groups in total. The van der Waals surface area contributed by atoms with E-state index in [0.717, 1.165) is 19.4 Å². The lowest BCUT2D eigenvalue weighted by molar-refractivity contribution is -0.123. The molecule has 0 spiro atoms. The van der Waals surface area contributed by atoms with Crippen molar-refractivity contribution in [3.05, 3.63) is 18.2 Å². The van der Waals surface area contributed by atoms with E-state index in [4.69, 9.17) is 9.47 Å². The van der Waals surface area contributed by atoms with Crippen LogP contribution in [-0.4, -0.2) is 49.6 Å². The molecule has 3 rings (SSSR count). The number of likely N-dealkylation sites (tertiary alicyclic amines) is 1. The van der Waals surface area contributed by atoms with Crippen molar-refractivity contribution in [1.29, 1.82) is 0 Å². The van der Waals surface area contributed by atoms with Crippen molar-refractivity contribution >= 4 is 17.5 Å². The van der Waals surface area contributed by atoms with Gasteiger partial charge in [-0.1, -0.05) is 6.42 Å². The molecule has 6 nitrogen and oxygen atoms in total. The molecule has 2 aliphatic rings. The quantitative estimate of drug-likeness (QED) is 0.791. The highest BCUT2D eigenvalue weighted by Gasteiger charge is 2.44. The average molecular weight is 332 g/mol. The van der Waals surface area contributed by atoms with Gasteiger partial charge in [-0.3, -0.25) is 14.5 Å². The lowest BCUT2D eigenvalue weighted by Gasteiger charge is -2.36. The van der Waals surface area contributed by atoms with E-state index in [0.29, 0.717) is 23.2 Å². The second-order valence-corrected chi connectivity index (χ2v) is 6.44. The van der Waals surface area contributed by atoms with Gasteiger partial charge in [0.1, 0.15) is 11.5 Å². The summed E-state index contributed by atoms with van der Waals surface area (Å²) in [6, 6.07) is 5.09. The summed E-state index contributed by atoms with van der Waals surface area (Å²) >= 11 is 0. The van der Waals surface area contributed by atoms with Crippen LogP contribution in [0.4, 0.5) is 5.69 Å². The topological polar surface area (TPSA) is 59.1 Å². The van der Waals surface area contributed by atoms with E-state index in [-0.39, 0.29) is 24.3 Å². The Morgan fingerprint density at radius 2 is 1.71 bits per heavy atom. The minimum absolute atomic E-state index is 0.149. The van der Waals surface area contributed by atoms with Crippen LogP contribution in [0.5, 0.6) is 11.5 Å². The fourth-order valence-corrected chi connectivity index (χ4v) is 3.65. The second kappa shape index (κ2) is 6.81. The maximum Gasteiger partial charge on any atom is 0.251 e. The minimum atomic E-state index is -0.356. The highest BCUT2D eigenvalue weighted by Crippen LogP contribution is 2.34. The number of rotatable bonds is 4. The summed E-state index contributed by atoms with van der Waals surface area (Å²) in [5, 5.41) is 0. The number of hydrogen-bond acceptors (Lipinski definition) is 5. The normalized spacial score (nSPS) is 25.2. The summed E-state index contributed by atoms with van der Waals surface area (Å²) in [5.41, 5.74) is 0.508. The number of hydrogen-bond donors (Lipinski definition) is 0. The zero-order chi connectivity index (χ0) is 17.3. The van der Waals surface area contributed by atoms with E-state index in [1.807, 2.05) is 0 Å². The van der Waals surface area contributed by atoms with Crippen LogP contribution >= 0.6 is 0 Å². The van der Waals surface area contributed by atoms with Crippen molar-refractivity contribution in [2.75, 3.05) is 25.7 Å². The molecule has 2 saturated heterocycles. The largest absolute Gasteiger partial charge is 0.497 e. The van der Waals surface area contributed by atoms with E-state index in [2.05, 4.69) is 11.8 Å². The highest BCUT2D eigenvalue weighted by molar-refractivity contribution is 6.22. The van der Waals surface area contributed by atoms with Crippen LogP contribution in [0.25, 0.3) is 0 Å². The molecule has 2 aliphatic heterocycles. The fourth-order valence-electron chi connectivity index (χ4n) is 3.65. The Hall–Kier alpha value is -2.08. The van der Waals surface area contributed by atoms with Crippen molar-refractivity contribution in [1.82, 2.24) is 4.90 Å². The van der Waals surface area contributed by atoms with Crippen molar-refractivity contribution in [2.24, 2.45) is 0 Å². The predicted octanol–water partition coefficient (Wildman–Crippen LogP) is 2.21. The monoisotopic (exact) mass is 332 g/mol. The Balaban J connectivity index is 1.89. The number of piperidine rings is 1. The van der Waals surface area contributed by atoms with Crippen molar-refractivity contribution in [3.63, 3.8) is 0 Å². The number of imide groups is 1. The average Bonchev–Trinajstić information content (AvgIpc) is 2.89. The van der Waals surface area contributed by atoms with Gasteiger partial charge in [0.15, 0.2) is 0 Å². The number of nitrogens with zero attached hydrogens (tertiary/aromatic N) is 2. The van der Waals surface area contributed by atoms with Gasteiger partial charge in [-0.05, 0) is 26.3 Å². The molecular weight excluding hydrogens is 308 g/mol. The van der Waals surface area contributed by atoms with Gasteiger partial charge in [0, 0.05) is 24.2 Å². The Labute approximate surface area is 142 Å². The zero-order valence-electron chi connectivity index (χ0n) is 14.4. The number of carbonyl (C=O) groups is 2. The standard InChI is InChI=1S/C18H24N2O4/c1-12-6-4-5-7-19(12)16-11-17(21)20(18(16)22)13-8-14(23-2)10-15(9-13)24-3/h8-10,12,16H,4-7,11H2,1-3H3/t12-,16-/m0/s1. The summed E-state index contributed by atoms with van der Waals surface area (Å²) in [6.45, 7) is 3.01. The smallest absolute Gasteiger partial charge is 0.251 e. The van der Waals surface area contributed by atoms with Crippen molar-refractivity contribution in [2.45, 2.75) is 44.7 Å². The molecule has 130 valence electrons. The highest BCUT2D eigenvalue weighted by atomic mass is 16.5. The van der Waals surface area contributed by atoms with Crippen LogP contribution in [0.1, 0.15) is 32.6 Å². The molecule has 1 aromatic carbocycles. The lowest BCUT2D eigenvalue weighted by atomic mass is 10.0. The number of benzene rings is 1. The van der Waals surface area contributed by atoms with Gasteiger partial charge in [-0.2, -0.15) is 0 Å². The van der Waals surface area contributed by atoms with Crippen LogP contribution < -0.4 is 14.4 Å². The molecule has 0 aliphatic carbocycles. The van der Waals surface area contributed by atoms with Crippen LogP contribution in [0.3, 0.4) is 0 Å². The van der Waals surface area contributed by atoms with Gasteiger partial charge in [-0.15, -0.1) is 0 Å². The summed E-state index contributed by atoms with van der Waals surface area (Å²) in [6.07, 6.45) is 3.58. The molecule has 0 bridgehead atoms. The number of ether oxygens (including phenoxy) is 2. The molecule has 0 unspecified atom stereocenters. The minimum Gasteiger partial charge on any atom is -0.497 e. The molecule has 6 heteroatoms. The maximum atomic E-state index is 12.9. The number of amides is 2. The molecule has 1 aromatic rings. The second-order valence-electron chi connectivity index (χ2n) is 6.44. The summed E-state index contributed by atoms with van der Waals surface area (Å²) in [7, 11) is 3.09. The third-order valence-electron chi connectivity index (χ3n) is 4.97. The summed E-state index contributed by atoms with van der Waals surface area (Å²) in [5.74, 6) is 0.793. The van der Waals surface area contributed by atoms with Crippen LogP contribution in [0.2, 0.25) is 0 Å². The predicted molar refractivity (Wildman–Crippen MR) is 90.5 cm³/mol. The summed E-state index contributed by atoms with van der Waals surface area (Å²) < 4.78 is 10.5. The third-order valence-corrected chi connectivity index (χ3v) is 4.97. The molecule has 0 aromatic heterocycles. The zero-order valence-corrected chi connectivity index (χ0v) is 14.4. The molecule has 24 heavy (non-hydrogen) atoms. The number of anilines is 1. The van der Waals surface area contributed by atoms with Gasteiger partial charge in [0.2, 0.25) is 5.91 Å². The van der Waals surface area contributed by atoms with Gasteiger partial charge in [-0.25, -0.2) is 4.90 Å². The molecule has 2 heterocycles. The first-order valence-electron chi connectivity index (χ1n) is 8.40. The first-order valence-corrected chi connectivity index (χ1v) is 8.40. The lowest BCUT2D eigenvalue weighted by Crippen LogP contribution is -2.48. The first kappa shape index (κ1) is 16.8. The third kappa shape index (κ3) is 2.98. The Kier molecular flexibility index (Phi) is 4.76. The van der Waals surface area contributed by atoms with Gasteiger partial charge >= 0.3 is 0 Å². The van der Waals surface area contributed by atoms with Crippen LogP contribution in [-0.2, 0) is 9.59 Å². The van der Waals surface area contributed by atoms with E-state index in [1.54, 1.807) is 32.4 Å². The van der Waals surface area contributed by atoms with Gasteiger partial charge in [0.25, 0.3) is 5.91 Å². The van der Waals surface area contributed by atoms with Crippen molar-refractivity contribution in [3.8, 4) is 11.5 Å². The van der Waals surface area contributed by atoms with Gasteiger partial charge < -0.3 is 9.47 Å². The Bertz CT molecular complexity index is 624. The molecular formula is C18H24N2O4. The summed E-state index contributed by atoms with van der Waals surface area (Å²) in [4.78, 5) is 28.9. The molecule has 0 radical (unpaired) electrons. The molecule has 2 amide bonds. The molecule has 2 atom stereocenters. The van der Waals surface area contributed by atoms with E-state index >= 15 is 0 Å². The van der Waals surface area contributed by atoms with Gasteiger partial charge in [0.05, 0.1) is 32.4 Å². The maximum absolute atomic E-state index is 12.9.